The van der Waals surface area contributed by atoms with Crippen molar-refractivity contribution >= 4 is 22.0 Å². The Morgan fingerprint density at radius 1 is 0.875 bits per heavy atom. The second-order valence-corrected chi connectivity index (χ2v) is 9.06. The Labute approximate surface area is 188 Å². The largest absolute Gasteiger partial charge is 0.355 e. The molecule has 3 aromatic carbocycles. The summed E-state index contributed by atoms with van der Waals surface area (Å²) in [6.45, 7) is 0.0943. The molecule has 0 atom stereocenters. The standard InChI is InChI=1S/C25H25FN2O3S/c26-24-13-11-22(12-14-24)15-17-27-25(29)20-28(19-23-9-5-2-6-10-23)32(30,31)18-16-21-7-3-1-4-8-21/h1-14,16,18H,15,17,19-20H2,(H,27,29)/b18-16+. The van der Waals surface area contributed by atoms with Gasteiger partial charge in [-0.15, -0.1) is 0 Å². The summed E-state index contributed by atoms with van der Waals surface area (Å²) in [5, 5.41) is 3.87. The number of sulfonamides is 1. The quantitative estimate of drug-likeness (QED) is 0.506. The molecule has 0 saturated carbocycles. The molecule has 166 valence electrons. The van der Waals surface area contributed by atoms with Crippen molar-refractivity contribution in [2.75, 3.05) is 13.1 Å². The topological polar surface area (TPSA) is 66.5 Å². The molecule has 0 saturated heterocycles. The van der Waals surface area contributed by atoms with Gasteiger partial charge in [0.1, 0.15) is 5.82 Å². The van der Waals surface area contributed by atoms with Gasteiger partial charge < -0.3 is 5.32 Å². The molecule has 0 unspecified atom stereocenters. The maximum atomic E-state index is 13.0. The normalized spacial score (nSPS) is 11.7. The minimum absolute atomic E-state index is 0.0771. The molecule has 0 aliphatic carbocycles. The number of amides is 1. The first-order valence-electron chi connectivity index (χ1n) is 10.2. The van der Waals surface area contributed by atoms with E-state index in [1.807, 2.05) is 48.5 Å². The van der Waals surface area contributed by atoms with Crippen LogP contribution in [0.5, 0.6) is 0 Å². The lowest BCUT2D eigenvalue weighted by Crippen LogP contribution is -2.40. The molecule has 1 amide bonds. The second-order valence-electron chi connectivity index (χ2n) is 7.24. The van der Waals surface area contributed by atoms with Gasteiger partial charge in [-0.3, -0.25) is 4.79 Å². The number of rotatable bonds is 10. The molecule has 0 fully saturated rings. The maximum Gasteiger partial charge on any atom is 0.237 e. The molecule has 0 bridgehead atoms. The Bertz CT molecular complexity index is 1130. The minimum Gasteiger partial charge on any atom is -0.355 e. The van der Waals surface area contributed by atoms with E-state index in [1.165, 1.54) is 18.2 Å². The first kappa shape index (κ1) is 23.4. The molecule has 0 spiro atoms. The SMILES string of the molecule is O=C(CN(Cc1ccccc1)S(=O)(=O)/C=C/c1ccccc1)NCCc1ccc(F)cc1. The molecule has 32 heavy (non-hydrogen) atoms. The second kappa shape index (κ2) is 11.4. The molecule has 0 aliphatic heterocycles. The summed E-state index contributed by atoms with van der Waals surface area (Å²) in [5.41, 5.74) is 2.41. The van der Waals surface area contributed by atoms with Crippen LogP contribution in [0.15, 0.2) is 90.3 Å². The van der Waals surface area contributed by atoms with Crippen molar-refractivity contribution in [2.24, 2.45) is 0 Å². The molecule has 0 heterocycles. The molecule has 1 N–H and O–H groups in total. The van der Waals surface area contributed by atoms with Gasteiger partial charge in [-0.25, -0.2) is 12.8 Å². The molecular weight excluding hydrogens is 427 g/mol. The van der Waals surface area contributed by atoms with E-state index >= 15 is 0 Å². The van der Waals surface area contributed by atoms with Gasteiger partial charge in [0.2, 0.25) is 15.9 Å². The molecule has 3 aromatic rings. The highest BCUT2D eigenvalue weighted by molar-refractivity contribution is 7.92. The smallest absolute Gasteiger partial charge is 0.237 e. The van der Waals surface area contributed by atoms with E-state index in [2.05, 4.69) is 5.32 Å². The van der Waals surface area contributed by atoms with Crippen LogP contribution < -0.4 is 5.32 Å². The van der Waals surface area contributed by atoms with E-state index in [0.29, 0.717) is 13.0 Å². The zero-order valence-electron chi connectivity index (χ0n) is 17.5. The molecule has 0 radical (unpaired) electrons. The predicted molar refractivity (Wildman–Crippen MR) is 124 cm³/mol. The summed E-state index contributed by atoms with van der Waals surface area (Å²) in [4.78, 5) is 12.5. The summed E-state index contributed by atoms with van der Waals surface area (Å²) < 4.78 is 40.1. The number of halogens is 1. The highest BCUT2D eigenvalue weighted by Crippen LogP contribution is 2.13. The average Bonchev–Trinajstić information content (AvgIpc) is 2.80. The highest BCUT2D eigenvalue weighted by atomic mass is 32.2. The van der Waals surface area contributed by atoms with E-state index < -0.39 is 15.9 Å². The van der Waals surface area contributed by atoms with Crippen LogP contribution in [0.2, 0.25) is 0 Å². The minimum atomic E-state index is -3.85. The van der Waals surface area contributed by atoms with Gasteiger partial charge in [-0.2, -0.15) is 4.31 Å². The molecule has 7 heteroatoms. The zero-order chi connectivity index (χ0) is 22.8. The van der Waals surface area contributed by atoms with Gasteiger partial charge >= 0.3 is 0 Å². The molecular formula is C25H25FN2O3S. The Morgan fingerprint density at radius 3 is 2.16 bits per heavy atom. The predicted octanol–water partition coefficient (Wildman–Crippen LogP) is 3.99. The third-order valence-corrected chi connectivity index (χ3v) is 6.22. The van der Waals surface area contributed by atoms with Gasteiger partial charge in [0.05, 0.1) is 6.54 Å². The van der Waals surface area contributed by atoms with Crippen LogP contribution in [-0.2, 0) is 27.8 Å². The van der Waals surface area contributed by atoms with E-state index in [0.717, 1.165) is 26.4 Å². The number of hydrogen-bond acceptors (Lipinski definition) is 3. The molecule has 0 aromatic heterocycles. The number of carbonyl (C=O) groups excluding carboxylic acids is 1. The van der Waals surface area contributed by atoms with E-state index in [-0.39, 0.29) is 18.9 Å². The molecule has 0 aliphatic rings. The van der Waals surface area contributed by atoms with Crippen molar-refractivity contribution in [3.8, 4) is 0 Å². The lowest BCUT2D eigenvalue weighted by atomic mass is 10.1. The summed E-state index contributed by atoms with van der Waals surface area (Å²) in [6, 6.07) is 24.3. The number of carbonyl (C=O) groups is 1. The zero-order valence-corrected chi connectivity index (χ0v) is 18.3. The van der Waals surface area contributed by atoms with Crippen molar-refractivity contribution in [1.82, 2.24) is 9.62 Å². The van der Waals surface area contributed by atoms with Crippen LogP contribution in [0.25, 0.3) is 6.08 Å². The molecule has 3 rings (SSSR count). The van der Waals surface area contributed by atoms with E-state index in [1.54, 1.807) is 24.3 Å². The lowest BCUT2D eigenvalue weighted by molar-refractivity contribution is -0.121. The van der Waals surface area contributed by atoms with E-state index in [4.69, 9.17) is 0 Å². The van der Waals surface area contributed by atoms with Crippen LogP contribution in [0, 0.1) is 5.82 Å². The maximum absolute atomic E-state index is 13.0. The van der Waals surface area contributed by atoms with Gasteiger partial charge in [0, 0.05) is 18.5 Å². The van der Waals surface area contributed by atoms with Crippen molar-refractivity contribution in [2.45, 2.75) is 13.0 Å². The van der Waals surface area contributed by atoms with Gasteiger partial charge in [-0.1, -0.05) is 72.8 Å². The fraction of sp³-hybridized carbons (Fsp3) is 0.160. The van der Waals surface area contributed by atoms with Crippen LogP contribution in [0.3, 0.4) is 0 Å². The molecule has 5 nitrogen and oxygen atoms in total. The van der Waals surface area contributed by atoms with Crippen LogP contribution in [0.1, 0.15) is 16.7 Å². The number of nitrogens with zero attached hydrogens (tertiary/aromatic N) is 1. The summed E-state index contributed by atoms with van der Waals surface area (Å²) >= 11 is 0. The Balaban J connectivity index is 1.66. The van der Waals surface area contributed by atoms with E-state index in [9.17, 15) is 17.6 Å². The first-order chi connectivity index (χ1) is 15.4. The van der Waals surface area contributed by atoms with Crippen molar-refractivity contribution in [3.05, 3.63) is 113 Å². The summed E-state index contributed by atoms with van der Waals surface area (Å²) in [5.74, 6) is -0.720. The fourth-order valence-electron chi connectivity index (χ4n) is 3.05. The highest BCUT2D eigenvalue weighted by Gasteiger charge is 2.22. The monoisotopic (exact) mass is 452 g/mol. The van der Waals surface area contributed by atoms with Crippen molar-refractivity contribution in [3.63, 3.8) is 0 Å². The third kappa shape index (κ3) is 7.44. The Hall–Kier alpha value is -3.29. The number of hydrogen-bond donors (Lipinski definition) is 1. The van der Waals surface area contributed by atoms with Crippen LogP contribution in [0.4, 0.5) is 4.39 Å². The van der Waals surface area contributed by atoms with Crippen LogP contribution in [-0.4, -0.2) is 31.7 Å². The Morgan fingerprint density at radius 2 is 1.50 bits per heavy atom. The summed E-state index contributed by atoms with van der Waals surface area (Å²) in [6.07, 6.45) is 2.03. The third-order valence-electron chi connectivity index (χ3n) is 4.76. The van der Waals surface area contributed by atoms with Crippen molar-refractivity contribution in [1.29, 1.82) is 0 Å². The van der Waals surface area contributed by atoms with Gasteiger partial charge in [-0.05, 0) is 41.3 Å². The first-order valence-corrected chi connectivity index (χ1v) is 11.7. The number of benzene rings is 3. The Kier molecular flexibility index (Phi) is 8.30. The van der Waals surface area contributed by atoms with Crippen molar-refractivity contribution < 1.29 is 17.6 Å². The fourth-order valence-corrected chi connectivity index (χ4v) is 4.18. The van der Waals surface area contributed by atoms with Crippen LogP contribution >= 0.6 is 0 Å². The van der Waals surface area contributed by atoms with Gasteiger partial charge in [0.25, 0.3) is 0 Å². The number of nitrogens with one attached hydrogen (secondary N) is 1. The lowest BCUT2D eigenvalue weighted by Gasteiger charge is -2.20. The van der Waals surface area contributed by atoms with Gasteiger partial charge in [0.15, 0.2) is 0 Å². The average molecular weight is 453 g/mol. The summed E-state index contributed by atoms with van der Waals surface area (Å²) in [7, 11) is -3.85.